The Morgan fingerprint density at radius 1 is 1.40 bits per heavy atom. The summed E-state index contributed by atoms with van der Waals surface area (Å²) in [6.45, 7) is 3.22. The van der Waals surface area contributed by atoms with Crippen LogP contribution in [0.4, 0.5) is 11.5 Å². The second kappa shape index (κ2) is 6.16. The number of nitrogens with one attached hydrogen (secondary N) is 1. The fraction of sp³-hybridized carbons (Fsp3) is 0.308. The van der Waals surface area contributed by atoms with Gasteiger partial charge in [0.2, 0.25) is 0 Å². The van der Waals surface area contributed by atoms with Crippen LogP contribution in [0.5, 0.6) is 0 Å². The highest BCUT2D eigenvalue weighted by molar-refractivity contribution is 5.41. The molecule has 0 aromatic carbocycles. The minimum absolute atomic E-state index is 0.135. The van der Waals surface area contributed by atoms with E-state index in [9.17, 15) is 4.79 Å². The van der Waals surface area contributed by atoms with Crippen LogP contribution in [0.25, 0.3) is 0 Å². The average Bonchev–Trinajstić information content (AvgIpc) is 2.49. The highest BCUT2D eigenvalue weighted by Gasteiger charge is 2.04. The first-order valence-electron chi connectivity index (χ1n) is 6.34. The van der Waals surface area contributed by atoms with E-state index in [4.69, 9.17) is 5.84 Å². The Hall–Kier alpha value is -2.41. The lowest BCUT2D eigenvalue weighted by Gasteiger charge is -2.16. The maximum atomic E-state index is 12.0. The second-order valence-electron chi connectivity index (χ2n) is 4.42. The normalized spacial score (nSPS) is 10.3. The molecule has 2 rings (SSSR count). The number of hydrogen-bond donors (Lipinski definition) is 2. The number of rotatable bonds is 5. The Morgan fingerprint density at radius 2 is 2.20 bits per heavy atom. The van der Waals surface area contributed by atoms with E-state index in [1.807, 2.05) is 24.9 Å². The van der Waals surface area contributed by atoms with Crippen molar-refractivity contribution in [3.8, 4) is 0 Å². The number of aromatic nitrogens is 3. The van der Waals surface area contributed by atoms with E-state index in [1.54, 1.807) is 24.5 Å². The van der Waals surface area contributed by atoms with Gasteiger partial charge in [0.15, 0.2) is 0 Å². The molecule has 0 spiro atoms. The summed E-state index contributed by atoms with van der Waals surface area (Å²) < 4.78 is 1.40. The van der Waals surface area contributed by atoms with Crippen LogP contribution in [-0.2, 0) is 6.54 Å². The Kier molecular flexibility index (Phi) is 4.31. The SMILES string of the molecule is CCN(C)c1cnn(Cc2ccc(NN)nc2)c(=O)c1. The maximum absolute atomic E-state index is 12.0. The van der Waals surface area contributed by atoms with Crippen molar-refractivity contribution < 1.29 is 0 Å². The molecule has 7 heteroatoms. The molecular formula is C13H18N6O. The van der Waals surface area contributed by atoms with Gasteiger partial charge in [0.1, 0.15) is 5.82 Å². The van der Waals surface area contributed by atoms with Gasteiger partial charge in [-0.05, 0) is 18.6 Å². The summed E-state index contributed by atoms with van der Waals surface area (Å²) in [6.07, 6.45) is 3.35. The maximum Gasteiger partial charge on any atom is 0.269 e. The number of nitrogens with two attached hydrogens (primary N) is 1. The van der Waals surface area contributed by atoms with Gasteiger partial charge in [-0.1, -0.05) is 6.07 Å². The molecule has 0 atom stereocenters. The Bertz CT molecular complexity index is 622. The summed E-state index contributed by atoms with van der Waals surface area (Å²) in [5.74, 6) is 5.83. The smallest absolute Gasteiger partial charge is 0.269 e. The summed E-state index contributed by atoms with van der Waals surface area (Å²) in [4.78, 5) is 18.1. The lowest BCUT2D eigenvalue weighted by molar-refractivity contribution is 0.636. The second-order valence-corrected chi connectivity index (χ2v) is 4.42. The molecule has 3 N–H and O–H groups in total. The Balaban J connectivity index is 2.19. The zero-order valence-corrected chi connectivity index (χ0v) is 11.6. The molecule has 0 aliphatic rings. The van der Waals surface area contributed by atoms with Crippen LogP contribution in [0.2, 0.25) is 0 Å². The number of nitrogen functional groups attached to an aromatic ring is 1. The molecule has 106 valence electrons. The number of nitrogens with zero attached hydrogens (tertiary/aromatic N) is 4. The van der Waals surface area contributed by atoms with Crippen LogP contribution < -0.4 is 21.7 Å². The molecule has 0 fully saturated rings. The van der Waals surface area contributed by atoms with Crippen LogP contribution in [-0.4, -0.2) is 28.4 Å². The minimum Gasteiger partial charge on any atom is -0.373 e. The first-order chi connectivity index (χ1) is 9.63. The molecule has 0 bridgehead atoms. The quantitative estimate of drug-likeness (QED) is 0.607. The van der Waals surface area contributed by atoms with Crippen LogP contribution >= 0.6 is 0 Å². The molecule has 0 saturated carbocycles. The van der Waals surface area contributed by atoms with Gasteiger partial charge >= 0.3 is 0 Å². The Labute approximate surface area is 117 Å². The molecule has 0 aliphatic heterocycles. The fourth-order valence-corrected chi connectivity index (χ4v) is 1.71. The largest absolute Gasteiger partial charge is 0.373 e. The van der Waals surface area contributed by atoms with E-state index in [2.05, 4.69) is 15.5 Å². The third kappa shape index (κ3) is 3.12. The Morgan fingerprint density at radius 3 is 2.75 bits per heavy atom. The van der Waals surface area contributed by atoms with Gasteiger partial charge in [-0.3, -0.25) is 4.79 Å². The van der Waals surface area contributed by atoms with E-state index < -0.39 is 0 Å². The summed E-state index contributed by atoms with van der Waals surface area (Å²) >= 11 is 0. The van der Waals surface area contributed by atoms with Gasteiger partial charge in [0.05, 0.1) is 18.4 Å². The molecule has 20 heavy (non-hydrogen) atoms. The molecule has 0 amide bonds. The zero-order chi connectivity index (χ0) is 14.5. The van der Waals surface area contributed by atoms with Crippen LogP contribution in [0.15, 0.2) is 35.4 Å². The van der Waals surface area contributed by atoms with Crippen LogP contribution in [0.1, 0.15) is 12.5 Å². The molecule has 0 saturated heterocycles. The predicted octanol–water partition coefficient (Wildman–Crippen LogP) is 0.428. The highest BCUT2D eigenvalue weighted by Crippen LogP contribution is 2.07. The number of hydrazine groups is 1. The number of anilines is 2. The molecule has 2 aromatic heterocycles. The molecule has 0 unspecified atom stereocenters. The molecule has 0 radical (unpaired) electrons. The average molecular weight is 274 g/mol. The minimum atomic E-state index is -0.135. The lowest BCUT2D eigenvalue weighted by atomic mass is 10.3. The summed E-state index contributed by atoms with van der Waals surface area (Å²) in [5.41, 5.74) is 4.02. The first-order valence-corrected chi connectivity index (χ1v) is 6.34. The number of hydrogen-bond acceptors (Lipinski definition) is 6. The summed E-state index contributed by atoms with van der Waals surface area (Å²) in [6, 6.07) is 5.18. The summed E-state index contributed by atoms with van der Waals surface area (Å²) in [7, 11) is 1.92. The van der Waals surface area contributed by atoms with Gasteiger partial charge < -0.3 is 10.3 Å². The van der Waals surface area contributed by atoms with Crippen molar-refractivity contribution in [2.24, 2.45) is 5.84 Å². The molecule has 2 aromatic rings. The van der Waals surface area contributed by atoms with E-state index in [0.29, 0.717) is 12.4 Å². The van der Waals surface area contributed by atoms with Gasteiger partial charge in [-0.15, -0.1) is 0 Å². The van der Waals surface area contributed by atoms with E-state index >= 15 is 0 Å². The summed E-state index contributed by atoms with van der Waals surface area (Å²) in [5, 5.41) is 4.18. The number of pyridine rings is 1. The third-order valence-corrected chi connectivity index (χ3v) is 3.08. The van der Waals surface area contributed by atoms with Crippen molar-refractivity contribution in [2.45, 2.75) is 13.5 Å². The van der Waals surface area contributed by atoms with E-state index in [1.165, 1.54) is 4.68 Å². The molecule has 2 heterocycles. The van der Waals surface area contributed by atoms with Crippen molar-refractivity contribution in [3.05, 3.63) is 46.5 Å². The fourth-order valence-electron chi connectivity index (χ4n) is 1.71. The molecule has 7 nitrogen and oxygen atoms in total. The van der Waals surface area contributed by atoms with Crippen LogP contribution in [0, 0.1) is 0 Å². The molecule has 0 aliphatic carbocycles. The van der Waals surface area contributed by atoms with E-state index in [0.717, 1.165) is 17.8 Å². The zero-order valence-electron chi connectivity index (χ0n) is 11.6. The van der Waals surface area contributed by atoms with E-state index in [-0.39, 0.29) is 5.56 Å². The van der Waals surface area contributed by atoms with Crippen molar-refractivity contribution in [2.75, 3.05) is 23.9 Å². The predicted molar refractivity (Wildman–Crippen MR) is 78.6 cm³/mol. The van der Waals surface area contributed by atoms with Crippen molar-refractivity contribution >= 4 is 11.5 Å². The topological polar surface area (TPSA) is 89.1 Å². The van der Waals surface area contributed by atoms with Gasteiger partial charge in [0.25, 0.3) is 5.56 Å². The van der Waals surface area contributed by atoms with Crippen LogP contribution in [0.3, 0.4) is 0 Å². The first kappa shape index (κ1) is 14.0. The van der Waals surface area contributed by atoms with Gasteiger partial charge in [-0.2, -0.15) is 5.10 Å². The van der Waals surface area contributed by atoms with Gasteiger partial charge in [-0.25, -0.2) is 15.5 Å². The lowest BCUT2D eigenvalue weighted by Crippen LogP contribution is -2.26. The van der Waals surface area contributed by atoms with Crippen molar-refractivity contribution in [3.63, 3.8) is 0 Å². The highest BCUT2D eigenvalue weighted by atomic mass is 16.1. The third-order valence-electron chi connectivity index (χ3n) is 3.08. The van der Waals surface area contributed by atoms with Gasteiger partial charge in [0, 0.05) is 25.9 Å². The standard InChI is InChI=1S/C13H18N6O/c1-3-18(2)11-6-13(20)19(16-8-11)9-10-4-5-12(17-14)15-7-10/h4-8H,3,9,14H2,1-2H3,(H,15,17). The molecular weight excluding hydrogens is 256 g/mol. The monoisotopic (exact) mass is 274 g/mol. The van der Waals surface area contributed by atoms with Crippen molar-refractivity contribution in [1.82, 2.24) is 14.8 Å². The van der Waals surface area contributed by atoms with Crippen molar-refractivity contribution in [1.29, 1.82) is 0 Å².